The molecule has 3 fully saturated rings. The molecule has 1 saturated carbocycles. The largest absolute Gasteiger partial charge is 0.379 e. The van der Waals surface area contributed by atoms with Crippen LogP contribution in [-0.2, 0) is 4.74 Å². The van der Waals surface area contributed by atoms with E-state index in [2.05, 4.69) is 35.0 Å². The van der Waals surface area contributed by atoms with Gasteiger partial charge in [-0.25, -0.2) is 0 Å². The summed E-state index contributed by atoms with van der Waals surface area (Å²) in [6.07, 6.45) is 10.1. The number of hydrogen-bond donors (Lipinski definition) is 0. The van der Waals surface area contributed by atoms with Gasteiger partial charge in [-0.3, -0.25) is 4.90 Å². The normalized spacial score (nSPS) is 41.5. The van der Waals surface area contributed by atoms with E-state index in [1.54, 1.807) is 5.57 Å². The predicted molar refractivity (Wildman–Crippen MR) is 80.7 cm³/mol. The average molecular weight is 274 g/mol. The molecule has 110 valence electrons. The summed E-state index contributed by atoms with van der Waals surface area (Å²) in [4.78, 5) is 5.19. The van der Waals surface area contributed by atoms with Crippen LogP contribution in [0.25, 0.3) is 0 Å². The Labute approximate surface area is 122 Å². The molecule has 3 nitrogen and oxygen atoms in total. The van der Waals surface area contributed by atoms with E-state index in [1.807, 2.05) is 0 Å². The molecule has 2 heterocycles. The van der Waals surface area contributed by atoms with E-state index in [0.717, 1.165) is 32.2 Å². The second-order valence-corrected chi connectivity index (χ2v) is 6.85. The maximum Gasteiger partial charge on any atom is 0.0594 e. The minimum Gasteiger partial charge on any atom is -0.379 e. The maximum atomic E-state index is 5.45. The Kier molecular flexibility index (Phi) is 3.24. The second kappa shape index (κ2) is 4.97. The van der Waals surface area contributed by atoms with Gasteiger partial charge >= 0.3 is 0 Å². The van der Waals surface area contributed by atoms with Crippen LogP contribution in [0.3, 0.4) is 0 Å². The molecule has 0 aromatic rings. The van der Waals surface area contributed by atoms with Gasteiger partial charge in [0.2, 0.25) is 0 Å². The van der Waals surface area contributed by atoms with Crippen LogP contribution < -0.4 is 0 Å². The van der Waals surface area contributed by atoms with Gasteiger partial charge in [0.05, 0.1) is 13.2 Å². The lowest BCUT2D eigenvalue weighted by Gasteiger charge is -2.34. The van der Waals surface area contributed by atoms with Crippen molar-refractivity contribution in [1.82, 2.24) is 9.80 Å². The number of allylic oxidation sites excluding steroid dienone is 1. The van der Waals surface area contributed by atoms with E-state index in [1.165, 1.54) is 32.5 Å². The first-order valence-corrected chi connectivity index (χ1v) is 8.25. The predicted octanol–water partition coefficient (Wildman–Crippen LogP) is 1.92. The first-order valence-electron chi connectivity index (χ1n) is 8.25. The monoisotopic (exact) mass is 274 g/mol. The fourth-order valence-electron chi connectivity index (χ4n) is 4.43. The summed E-state index contributed by atoms with van der Waals surface area (Å²) in [6, 6.07) is 0.611. The standard InChI is InChI=1S/C17H26N2O/c1-2-18-12-15-11-17(15,13-18)14-3-5-16(6-4-14)19-7-9-20-10-8-19/h3-5,15-16H,2,6-13H2,1H3/t15?,16?,17-/m0/s1. The van der Waals surface area contributed by atoms with Crippen molar-refractivity contribution in [3.05, 3.63) is 23.8 Å². The molecule has 0 aromatic carbocycles. The molecule has 0 bridgehead atoms. The average Bonchev–Trinajstić information content (AvgIpc) is 3.10. The first-order chi connectivity index (χ1) is 9.82. The number of fused-ring (bicyclic) bond motifs is 1. The van der Waals surface area contributed by atoms with Crippen LogP contribution in [0.15, 0.2) is 23.8 Å². The molecule has 0 spiro atoms. The summed E-state index contributed by atoms with van der Waals surface area (Å²) in [7, 11) is 0. The smallest absolute Gasteiger partial charge is 0.0594 e. The van der Waals surface area contributed by atoms with Gasteiger partial charge in [0.15, 0.2) is 0 Å². The van der Waals surface area contributed by atoms with E-state index in [0.29, 0.717) is 11.5 Å². The Bertz CT molecular complexity index is 438. The number of morpholine rings is 1. The van der Waals surface area contributed by atoms with Crippen LogP contribution >= 0.6 is 0 Å². The van der Waals surface area contributed by atoms with Crippen molar-refractivity contribution in [1.29, 1.82) is 0 Å². The van der Waals surface area contributed by atoms with Crippen LogP contribution in [0, 0.1) is 11.3 Å². The number of piperidine rings is 1. The Morgan fingerprint density at radius 3 is 2.85 bits per heavy atom. The van der Waals surface area contributed by atoms with Crippen molar-refractivity contribution < 1.29 is 4.74 Å². The van der Waals surface area contributed by atoms with Gasteiger partial charge in [0.1, 0.15) is 0 Å². The molecule has 4 rings (SSSR count). The van der Waals surface area contributed by atoms with Gasteiger partial charge in [-0.05, 0) is 30.9 Å². The molecule has 0 amide bonds. The number of ether oxygens (including phenoxy) is 1. The third-order valence-corrected chi connectivity index (χ3v) is 5.83. The topological polar surface area (TPSA) is 15.7 Å². The van der Waals surface area contributed by atoms with Crippen molar-refractivity contribution in [2.45, 2.75) is 25.8 Å². The number of nitrogens with zero attached hydrogens (tertiary/aromatic N) is 2. The summed E-state index contributed by atoms with van der Waals surface area (Å²) < 4.78 is 5.45. The van der Waals surface area contributed by atoms with E-state index in [4.69, 9.17) is 4.74 Å². The highest BCUT2D eigenvalue weighted by molar-refractivity contribution is 5.40. The minimum absolute atomic E-state index is 0.544. The molecule has 2 aliphatic carbocycles. The van der Waals surface area contributed by atoms with Crippen LogP contribution in [0.2, 0.25) is 0 Å². The van der Waals surface area contributed by atoms with Crippen LogP contribution in [0.4, 0.5) is 0 Å². The van der Waals surface area contributed by atoms with Crippen molar-refractivity contribution in [2.24, 2.45) is 11.3 Å². The molecular formula is C17H26N2O. The lowest BCUT2D eigenvalue weighted by atomic mass is 9.88. The second-order valence-electron chi connectivity index (χ2n) is 6.85. The summed E-state index contributed by atoms with van der Waals surface area (Å²) in [5.74, 6) is 0.943. The molecule has 2 saturated heterocycles. The van der Waals surface area contributed by atoms with Crippen LogP contribution in [-0.4, -0.2) is 61.8 Å². The minimum atomic E-state index is 0.544. The fourth-order valence-corrected chi connectivity index (χ4v) is 4.43. The Morgan fingerprint density at radius 2 is 2.20 bits per heavy atom. The fraction of sp³-hybridized carbons (Fsp3) is 0.765. The first kappa shape index (κ1) is 13.1. The molecule has 20 heavy (non-hydrogen) atoms. The lowest BCUT2D eigenvalue weighted by molar-refractivity contribution is 0.0258. The van der Waals surface area contributed by atoms with E-state index in [9.17, 15) is 0 Å². The number of rotatable bonds is 3. The zero-order valence-electron chi connectivity index (χ0n) is 12.6. The van der Waals surface area contributed by atoms with E-state index < -0.39 is 0 Å². The zero-order chi connectivity index (χ0) is 13.6. The van der Waals surface area contributed by atoms with E-state index >= 15 is 0 Å². The third kappa shape index (κ3) is 2.07. The zero-order valence-corrected chi connectivity index (χ0v) is 12.6. The van der Waals surface area contributed by atoms with Crippen molar-refractivity contribution >= 4 is 0 Å². The van der Waals surface area contributed by atoms with Gasteiger partial charge in [0.25, 0.3) is 0 Å². The highest BCUT2D eigenvalue weighted by Crippen LogP contribution is 2.62. The van der Waals surface area contributed by atoms with Crippen molar-refractivity contribution in [3.8, 4) is 0 Å². The molecule has 3 atom stereocenters. The molecule has 0 aromatic heterocycles. The Balaban J connectivity index is 1.41. The maximum absolute atomic E-state index is 5.45. The Morgan fingerprint density at radius 1 is 1.35 bits per heavy atom. The summed E-state index contributed by atoms with van der Waals surface area (Å²) in [5, 5.41) is 0. The van der Waals surface area contributed by atoms with Crippen LogP contribution in [0.1, 0.15) is 19.8 Å². The summed E-state index contributed by atoms with van der Waals surface area (Å²) in [6.45, 7) is 10.1. The van der Waals surface area contributed by atoms with Gasteiger partial charge in [-0.15, -0.1) is 0 Å². The van der Waals surface area contributed by atoms with Gasteiger partial charge in [-0.2, -0.15) is 0 Å². The molecule has 0 radical (unpaired) electrons. The van der Waals surface area contributed by atoms with Crippen molar-refractivity contribution in [2.75, 3.05) is 45.9 Å². The number of likely N-dealkylation sites (tertiary alicyclic amines) is 1. The van der Waals surface area contributed by atoms with Gasteiger partial charge in [-0.1, -0.05) is 25.2 Å². The molecule has 2 aliphatic heterocycles. The quantitative estimate of drug-likeness (QED) is 0.782. The van der Waals surface area contributed by atoms with E-state index in [-0.39, 0.29) is 0 Å². The highest BCUT2D eigenvalue weighted by Gasteiger charge is 2.60. The van der Waals surface area contributed by atoms with Crippen molar-refractivity contribution in [3.63, 3.8) is 0 Å². The SMILES string of the molecule is CCN1CC2C[C@@]2(C2=CCC(N3CCOCC3)C=C2)C1. The molecular weight excluding hydrogens is 248 g/mol. The summed E-state index contributed by atoms with van der Waals surface area (Å²) in [5.41, 5.74) is 2.19. The highest BCUT2D eigenvalue weighted by atomic mass is 16.5. The lowest BCUT2D eigenvalue weighted by Crippen LogP contribution is -2.43. The molecule has 2 unspecified atom stereocenters. The molecule has 0 N–H and O–H groups in total. The number of hydrogen-bond acceptors (Lipinski definition) is 3. The van der Waals surface area contributed by atoms with Gasteiger partial charge < -0.3 is 9.64 Å². The summed E-state index contributed by atoms with van der Waals surface area (Å²) >= 11 is 0. The molecule has 3 heteroatoms. The van der Waals surface area contributed by atoms with Gasteiger partial charge in [0, 0.05) is 37.6 Å². The Hall–Kier alpha value is -0.640. The molecule has 4 aliphatic rings. The third-order valence-electron chi connectivity index (χ3n) is 5.83. The van der Waals surface area contributed by atoms with Crippen LogP contribution in [0.5, 0.6) is 0 Å².